The highest BCUT2D eigenvalue weighted by molar-refractivity contribution is 5.32. The minimum atomic E-state index is -0.00884. The van der Waals surface area contributed by atoms with Gasteiger partial charge in [0.1, 0.15) is 5.82 Å². The maximum absolute atomic E-state index is 4.18. The molecule has 2 heterocycles. The summed E-state index contributed by atoms with van der Waals surface area (Å²) in [6, 6.07) is -0.00884. The third kappa shape index (κ3) is 3.20. The van der Waals surface area contributed by atoms with Crippen LogP contribution >= 0.6 is 0 Å². The number of aromatic amines is 1. The van der Waals surface area contributed by atoms with E-state index in [4.69, 9.17) is 0 Å². The van der Waals surface area contributed by atoms with Crippen molar-refractivity contribution < 1.29 is 0 Å². The van der Waals surface area contributed by atoms with E-state index in [0.29, 0.717) is 17.6 Å². The molecule has 0 aliphatic heterocycles. The summed E-state index contributed by atoms with van der Waals surface area (Å²) in [5.74, 6) is 1.87. The van der Waals surface area contributed by atoms with Crippen LogP contribution in [0.1, 0.15) is 32.1 Å². The van der Waals surface area contributed by atoms with Crippen molar-refractivity contribution in [2.24, 2.45) is 5.92 Å². The molecule has 2 aromatic heterocycles. The van der Waals surface area contributed by atoms with Gasteiger partial charge in [-0.15, -0.1) is 10.2 Å². The van der Waals surface area contributed by atoms with Crippen molar-refractivity contribution in [3.05, 3.63) is 24.4 Å². The van der Waals surface area contributed by atoms with E-state index < -0.39 is 0 Å². The van der Waals surface area contributed by atoms with Crippen molar-refractivity contribution >= 4 is 5.82 Å². The predicted octanol–water partition coefficient (Wildman–Crippen LogP) is 1.19. The molecule has 7 heteroatoms. The lowest BCUT2D eigenvalue weighted by atomic mass is 10.0. The molecule has 0 aromatic carbocycles. The first-order chi connectivity index (χ1) is 8.25. The van der Waals surface area contributed by atoms with Crippen LogP contribution < -0.4 is 5.32 Å². The third-order valence-electron chi connectivity index (χ3n) is 2.27. The Balaban J connectivity index is 2.11. The number of anilines is 1. The van der Waals surface area contributed by atoms with E-state index in [0.717, 1.165) is 6.42 Å². The predicted molar refractivity (Wildman–Crippen MR) is 62.0 cm³/mol. The Morgan fingerprint density at radius 1 is 1.35 bits per heavy atom. The molecule has 0 radical (unpaired) electrons. The van der Waals surface area contributed by atoms with E-state index in [2.05, 4.69) is 49.8 Å². The molecule has 2 rings (SSSR count). The summed E-state index contributed by atoms with van der Waals surface area (Å²) in [5, 5.41) is 17.3. The quantitative estimate of drug-likeness (QED) is 0.805. The first kappa shape index (κ1) is 11.4. The van der Waals surface area contributed by atoms with Gasteiger partial charge in [0, 0.05) is 12.4 Å². The van der Waals surface area contributed by atoms with Gasteiger partial charge >= 0.3 is 0 Å². The topological polar surface area (TPSA) is 92.3 Å². The molecule has 2 N–H and O–H groups in total. The van der Waals surface area contributed by atoms with Gasteiger partial charge < -0.3 is 5.32 Å². The fourth-order valence-corrected chi connectivity index (χ4v) is 1.57. The highest BCUT2D eigenvalue weighted by Crippen LogP contribution is 2.21. The van der Waals surface area contributed by atoms with Gasteiger partial charge in [0.25, 0.3) is 0 Å². The van der Waals surface area contributed by atoms with Crippen LogP contribution in [0.2, 0.25) is 0 Å². The minimum absolute atomic E-state index is 0.00884. The zero-order valence-electron chi connectivity index (χ0n) is 9.83. The summed E-state index contributed by atoms with van der Waals surface area (Å²) >= 11 is 0. The van der Waals surface area contributed by atoms with E-state index in [9.17, 15) is 0 Å². The fourth-order valence-electron chi connectivity index (χ4n) is 1.57. The lowest BCUT2D eigenvalue weighted by Gasteiger charge is -2.17. The van der Waals surface area contributed by atoms with E-state index in [1.807, 2.05) is 0 Å². The Hall–Kier alpha value is -2.05. The van der Waals surface area contributed by atoms with Crippen molar-refractivity contribution in [2.75, 3.05) is 5.32 Å². The Kier molecular flexibility index (Phi) is 3.59. The first-order valence-electron chi connectivity index (χ1n) is 5.51. The number of aromatic nitrogens is 6. The molecule has 7 nitrogen and oxygen atoms in total. The van der Waals surface area contributed by atoms with Crippen molar-refractivity contribution in [1.82, 2.24) is 30.6 Å². The average Bonchev–Trinajstić information content (AvgIpc) is 2.82. The largest absolute Gasteiger partial charge is 0.359 e. The number of rotatable bonds is 5. The molecule has 0 bridgehead atoms. The summed E-state index contributed by atoms with van der Waals surface area (Å²) in [5.41, 5.74) is 0. The van der Waals surface area contributed by atoms with E-state index in [1.54, 1.807) is 18.6 Å². The van der Waals surface area contributed by atoms with Gasteiger partial charge in [0.05, 0.1) is 12.2 Å². The summed E-state index contributed by atoms with van der Waals surface area (Å²) in [4.78, 5) is 8.18. The Morgan fingerprint density at radius 3 is 2.82 bits per heavy atom. The van der Waals surface area contributed by atoms with Crippen LogP contribution in [0.3, 0.4) is 0 Å². The van der Waals surface area contributed by atoms with Crippen LogP contribution in [0.15, 0.2) is 18.6 Å². The average molecular weight is 233 g/mol. The standard InChI is InChI=1S/C10H15N7/c1-7(2)5-8(10-14-16-17-15-10)13-9-6-11-3-4-12-9/h3-4,6-8H,5H2,1-2H3,(H,12,13)(H,14,15,16,17). The van der Waals surface area contributed by atoms with Crippen LogP contribution in [0.25, 0.3) is 0 Å². The molecule has 0 fully saturated rings. The van der Waals surface area contributed by atoms with Crippen LogP contribution in [0.4, 0.5) is 5.82 Å². The molecule has 90 valence electrons. The van der Waals surface area contributed by atoms with Crippen LogP contribution in [0.5, 0.6) is 0 Å². The Labute approximate surface area is 99.1 Å². The highest BCUT2D eigenvalue weighted by Gasteiger charge is 2.17. The smallest absolute Gasteiger partial charge is 0.196 e. The van der Waals surface area contributed by atoms with E-state index >= 15 is 0 Å². The van der Waals surface area contributed by atoms with Crippen molar-refractivity contribution in [3.8, 4) is 0 Å². The summed E-state index contributed by atoms with van der Waals surface area (Å²) in [6.07, 6.45) is 5.85. The van der Waals surface area contributed by atoms with Gasteiger partial charge in [-0.05, 0) is 12.3 Å². The molecular weight excluding hydrogens is 218 g/mol. The van der Waals surface area contributed by atoms with Crippen molar-refractivity contribution in [2.45, 2.75) is 26.3 Å². The van der Waals surface area contributed by atoms with Gasteiger partial charge in [-0.3, -0.25) is 4.98 Å². The van der Waals surface area contributed by atoms with Gasteiger partial charge in [-0.25, -0.2) is 4.98 Å². The normalized spacial score (nSPS) is 12.6. The monoisotopic (exact) mass is 233 g/mol. The number of hydrogen-bond donors (Lipinski definition) is 2. The number of H-pyrrole nitrogens is 1. The number of hydrogen-bond acceptors (Lipinski definition) is 6. The summed E-state index contributed by atoms with van der Waals surface area (Å²) < 4.78 is 0. The fraction of sp³-hybridized carbons (Fsp3) is 0.500. The Morgan fingerprint density at radius 2 is 2.24 bits per heavy atom. The summed E-state index contributed by atoms with van der Waals surface area (Å²) in [7, 11) is 0. The van der Waals surface area contributed by atoms with Gasteiger partial charge in [0.2, 0.25) is 0 Å². The molecule has 0 aliphatic rings. The highest BCUT2D eigenvalue weighted by atomic mass is 15.5. The minimum Gasteiger partial charge on any atom is -0.359 e. The zero-order valence-corrected chi connectivity index (χ0v) is 9.83. The number of tetrazole rings is 1. The second-order valence-electron chi connectivity index (χ2n) is 4.19. The van der Waals surface area contributed by atoms with E-state index in [-0.39, 0.29) is 6.04 Å². The molecule has 17 heavy (non-hydrogen) atoms. The third-order valence-corrected chi connectivity index (χ3v) is 2.27. The molecule has 0 saturated carbocycles. The lowest BCUT2D eigenvalue weighted by molar-refractivity contribution is 0.514. The van der Waals surface area contributed by atoms with Crippen LogP contribution in [-0.4, -0.2) is 30.6 Å². The maximum atomic E-state index is 4.18. The molecule has 0 spiro atoms. The van der Waals surface area contributed by atoms with E-state index in [1.165, 1.54) is 0 Å². The van der Waals surface area contributed by atoms with Gasteiger partial charge in [-0.1, -0.05) is 19.1 Å². The summed E-state index contributed by atoms with van der Waals surface area (Å²) in [6.45, 7) is 4.29. The molecule has 1 unspecified atom stereocenters. The van der Waals surface area contributed by atoms with Gasteiger partial charge in [0.15, 0.2) is 5.82 Å². The zero-order chi connectivity index (χ0) is 12.1. The van der Waals surface area contributed by atoms with Crippen LogP contribution in [0, 0.1) is 5.92 Å². The van der Waals surface area contributed by atoms with Crippen LogP contribution in [-0.2, 0) is 0 Å². The Bertz CT molecular complexity index is 425. The van der Waals surface area contributed by atoms with Crippen molar-refractivity contribution in [1.29, 1.82) is 0 Å². The number of nitrogens with zero attached hydrogens (tertiary/aromatic N) is 5. The lowest BCUT2D eigenvalue weighted by Crippen LogP contribution is -2.15. The SMILES string of the molecule is CC(C)CC(Nc1cnccn1)c1nn[nH]n1. The first-order valence-corrected chi connectivity index (χ1v) is 5.51. The molecule has 2 aromatic rings. The molecular formula is C10H15N7. The molecule has 0 saturated heterocycles. The van der Waals surface area contributed by atoms with Gasteiger partial charge in [-0.2, -0.15) is 5.21 Å². The molecule has 0 amide bonds. The second kappa shape index (κ2) is 5.33. The van der Waals surface area contributed by atoms with Crippen molar-refractivity contribution in [3.63, 3.8) is 0 Å². The maximum Gasteiger partial charge on any atom is 0.196 e. The number of nitrogens with one attached hydrogen (secondary N) is 2. The molecule has 0 aliphatic carbocycles. The second-order valence-corrected chi connectivity index (χ2v) is 4.19. The molecule has 1 atom stereocenters.